The summed E-state index contributed by atoms with van der Waals surface area (Å²) in [4.78, 5) is 15.8. The zero-order valence-corrected chi connectivity index (χ0v) is 19.1. The molecule has 0 unspecified atom stereocenters. The summed E-state index contributed by atoms with van der Waals surface area (Å²) >= 11 is 0. The van der Waals surface area contributed by atoms with Gasteiger partial charge >= 0.3 is 0 Å². The minimum Gasteiger partial charge on any atom is -0.331 e. The second kappa shape index (κ2) is 10.8. The summed E-state index contributed by atoms with van der Waals surface area (Å²) < 4.78 is 27.3. The van der Waals surface area contributed by atoms with Gasteiger partial charge in [0, 0.05) is 17.6 Å². The lowest BCUT2D eigenvalue weighted by Gasteiger charge is -2.32. The van der Waals surface area contributed by atoms with E-state index >= 15 is 0 Å². The van der Waals surface area contributed by atoms with Crippen LogP contribution in [0.25, 0.3) is 0 Å². The van der Waals surface area contributed by atoms with Crippen LogP contribution in [0.15, 0.2) is 78.2 Å². The van der Waals surface area contributed by atoms with E-state index in [-0.39, 0.29) is 18.0 Å². The Bertz CT molecular complexity index is 957. The molecule has 0 N–H and O–H groups in total. The van der Waals surface area contributed by atoms with Crippen LogP contribution in [0.4, 0.5) is 0 Å². The number of likely N-dealkylation sites (tertiary alicyclic amines) is 1. The fourth-order valence-corrected chi connectivity index (χ4v) is 6.69. The maximum Gasteiger partial charge on any atom is 0.254 e. The molecule has 1 saturated heterocycles. The number of allylic oxidation sites excluding steroid dienone is 1. The quantitative estimate of drug-likeness (QED) is 0.355. The number of hydrogen-bond acceptors (Lipinski definition) is 3. The molecule has 1 amide bonds. The van der Waals surface area contributed by atoms with Crippen LogP contribution in [0.1, 0.15) is 62.2 Å². The van der Waals surface area contributed by atoms with E-state index in [9.17, 15) is 13.2 Å². The first kappa shape index (κ1) is 23.3. The van der Waals surface area contributed by atoms with Crippen molar-refractivity contribution in [2.24, 2.45) is 0 Å². The first-order chi connectivity index (χ1) is 15.0. The lowest BCUT2D eigenvalue weighted by atomic mass is 10.1. The van der Waals surface area contributed by atoms with Gasteiger partial charge in [0.2, 0.25) is 0 Å². The molecule has 31 heavy (non-hydrogen) atoms. The van der Waals surface area contributed by atoms with Gasteiger partial charge in [-0.3, -0.25) is 4.79 Å². The molecular formula is C26H33NO3S. The van der Waals surface area contributed by atoms with Gasteiger partial charge in [0.25, 0.3) is 5.91 Å². The number of benzene rings is 2. The number of carbonyl (C=O) groups excluding carboxylic acids is 1. The molecule has 0 aliphatic carbocycles. The number of sulfone groups is 1. The SMILES string of the molecule is C=CCCC[C@H]1[C@H](S(=O)(=O)c2ccccc2)C[C@@H](CCCC)N1C(=O)c1ccccc1. The van der Waals surface area contributed by atoms with Crippen molar-refractivity contribution in [3.8, 4) is 0 Å². The largest absolute Gasteiger partial charge is 0.331 e. The summed E-state index contributed by atoms with van der Waals surface area (Å²) in [6, 6.07) is 17.5. The van der Waals surface area contributed by atoms with Crippen LogP contribution < -0.4 is 0 Å². The maximum absolute atomic E-state index is 13.6. The Hall–Kier alpha value is -2.40. The van der Waals surface area contributed by atoms with Crippen LogP contribution in [0.3, 0.4) is 0 Å². The highest BCUT2D eigenvalue weighted by molar-refractivity contribution is 7.92. The third kappa shape index (κ3) is 5.27. The molecule has 1 heterocycles. The minimum atomic E-state index is -3.55. The van der Waals surface area contributed by atoms with E-state index in [0.717, 1.165) is 32.1 Å². The third-order valence-electron chi connectivity index (χ3n) is 6.21. The van der Waals surface area contributed by atoms with Crippen LogP contribution >= 0.6 is 0 Å². The van der Waals surface area contributed by atoms with E-state index in [1.54, 1.807) is 24.3 Å². The monoisotopic (exact) mass is 439 g/mol. The average Bonchev–Trinajstić information content (AvgIpc) is 3.17. The Labute approximate surface area is 186 Å². The number of rotatable bonds is 10. The van der Waals surface area contributed by atoms with E-state index < -0.39 is 15.1 Å². The smallest absolute Gasteiger partial charge is 0.254 e. The molecule has 4 nitrogen and oxygen atoms in total. The van der Waals surface area contributed by atoms with Crippen molar-refractivity contribution in [3.63, 3.8) is 0 Å². The van der Waals surface area contributed by atoms with Crippen molar-refractivity contribution in [1.82, 2.24) is 4.90 Å². The number of amides is 1. The maximum atomic E-state index is 13.6. The van der Waals surface area contributed by atoms with Crippen molar-refractivity contribution < 1.29 is 13.2 Å². The second-order valence-corrected chi connectivity index (χ2v) is 10.5. The Kier molecular flexibility index (Phi) is 8.08. The van der Waals surface area contributed by atoms with Crippen molar-refractivity contribution in [2.75, 3.05) is 0 Å². The van der Waals surface area contributed by atoms with Crippen LogP contribution in [-0.4, -0.2) is 36.6 Å². The molecule has 5 heteroatoms. The van der Waals surface area contributed by atoms with Crippen LogP contribution in [0.5, 0.6) is 0 Å². The summed E-state index contributed by atoms with van der Waals surface area (Å²) in [6.45, 7) is 5.92. The Morgan fingerprint density at radius 2 is 1.68 bits per heavy atom. The normalized spacial score (nSPS) is 21.2. The van der Waals surface area contributed by atoms with Gasteiger partial charge in [-0.1, -0.05) is 62.2 Å². The van der Waals surface area contributed by atoms with E-state index in [0.29, 0.717) is 23.3 Å². The van der Waals surface area contributed by atoms with Gasteiger partial charge in [0.1, 0.15) is 0 Å². The number of nitrogens with zero attached hydrogens (tertiary/aromatic N) is 1. The fraction of sp³-hybridized carbons (Fsp3) is 0.423. The molecule has 1 aliphatic rings. The zero-order chi connectivity index (χ0) is 22.3. The lowest BCUT2D eigenvalue weighted by molar-refractivity contribution is 0.0649. The van der Waals surface area contributed by atoms with E-state index in [1.807, 2.05) is 47.4 Å². The van der Waals surface area contributed by atoms with Crippen molar-refractivity contribution in [2.45, 2.75) is 74.1 Å². The Morgan fingerprint density at radius 3 is 2.29 bits per heavy atom. The van der Waals surface area contributed by atoms with Crippen LogP contribution in [0, 0.1) is 0 Å². The highest BCUT2D eigenvalue weighted by Crippen LogP contribution is 2.38. The summed E-state index contributed by atoms with van der Waals surface area (Å²) in [7, 11) is -3.55. The summed E-state index contributed by atoms with van der Waals surface area (Å²) in [6.07, 6.45) is 7.44. The molecule has 0 bridgehead atoms. The average molecular weight is 440 g/mol. The summed E-state index contributed by atoms with van der Waals surface area (Å²) in [5.41, 5.74) is 0.621. The molecule has 1 aliphatic heterocycles. The fourth-order valence-electron chi connectivity index (χ4n) is 4.65. The molecule has 166 valence electrons. The van der Waals surface area contributed by atoms with Gasteiger partial charge in [-0.25, -0.2) is 8.42 Å². The van der Waals surface area contributed by atoms with Gasteiger partial charge in [-0.15, -0.1) is 6.58 Å². The second-order valence-electron chi connectivity index (χ2n) is 8.29. The number of unbranched alkanes of at least 4 members (excludes halogenated alkanes) is 2. The molecular weight excluding hydrogens is 406 g/mol. The molecule has 0 saturated carbocycles. The molecule has 1 fully saturated rings. The topological polar surface area (TPSA) is 54.5 Å². The van der Waals surface area contributed by atoms with Gasteiger partial charge < -0.3 is 4.90 Å². The highest BCUT2D eigenvalue weighted by Gasteiger charge is 2.49. The lowest BCUT2D eigenvalue weighted by Crippen LogP contribution is -2.45. The van der Waals surface area contributed by atoms with E-state index in [2.05, 4.69) is 13.5 Å². The van der Waals surface area contributed by atoms with Crippen molar-refractivity contribution in [3.05, 3.63) is 78.9 Å². The molecule has 3 rings (SSSR count). The number of hydrogen-bond donors (Lipinski definition) is 0. The van der Waals surface area contributed by atoms with E-state index in [4.69, 9.17) is 0 Å². The number of carbonyl (C=O) groups is 1. The zero-order valence-electron chi connectivity index (χ0n) is 18.3. The molecule has 3 atom stereocenters. The van der Waals surface area contributed by atoms with Gasteiger partial charge in [0.15, 0.2) is 9.84 Å². The predicted octanol–water partition coefficient (Wildman–Crippen LogP) is 5.66. The van der Waals surface area contributed by atoms with Crippen LogP contribution in [-0.2, 0) is 9.84 Å². The third-order valence-corrected chi connectivity index (χ3v) is 8.44. The minimum absolute atomic E-state index is 0.0592. The first-order valence-electron chi connectivity index (χ1n) is 11.3. The van der Waals surface area contributed by atoms with Gasteiger partial charge in [-0.2, -0.15) is 0 Å². The highest BCUT2D eigenvalue weighted by atomic mass is 32.2. The first-order valence-corrected chi connectivity index (χ1v) is 12.8. The summed E-state index contributed by atoms with van der Waals surface area (Å²) in [5, 5.41) is -0.589. The van der Waals surface area contributed by atoms with Gasteiger partial charge in [0.05, 0.1) is 10.1 Å². The molecule has 0 radical (unpaired) electrons. The van der Waals surface area contributed by atoms with Crippen LogP contribution in [0.2, 0.25) is 0 Å². The van der Waals surface area contributed by atoms with Gasteiger partial charge in [-0.05, 0) is 56.4 Å². The Morgan fingerprint density at radius 1 is 1.03 bits per heavy atom. The molecule has 0 spiro atoms. The summed E-state index contributed by atoms with van der Waals surface area (Å²) in [5.74, 6) is -0.0592. The molecule has 0 aromatic heterocycles. The predicted molar refractivity (Wildman–Crippen MR) is 126 cm³/mol. The van der Waals surface area contributed by atoms with E-state index in [1.165, 1.54) is 0 Å². The standard InChI is InChI=1S/C26H33NO3S/c1-3-5-9-19-24-25(31(29,30)23-17-12-8-13-18-23)20-22(16-6-4-2)27(24)26(28)21-14-10-7-11-15-21/h3,7-8,10-15,17-18,22,24-25H,1,4-6,9,16,19-20H2,2H3/t22-,24+,25-/m1/s1. The molecule has 2 aromatic rings. The van der Waals surface area contributed by atoms with Crippen molar-refractivity contribution in [1.29, 1.82) is 0 Å². The Balaban J connectivity index is 2.01. The van der Waals surface area contributed by atoms with Crippen molar-refractivity contribution >= 4 is 15.7 Å². The molecule has 2 aromatic carbocycles.